The number of likely N-dealkylation sites (N-methyl/N-ethyl adjacent to an activating group) is 1. The van der Waals surface area contributed by atoms with Crippen LogP contribution in [0.4, 0.5) is 4.39 Å². The summed E-state index contributed by atoms with van der Waals surface area (Å²) < 4.78 is 19.9. The van der Waals surface area contributed by atoms with Gasteiger partial charge >= 0.3 is 0 Å². The van der Waals surface area contributed by atoms with Crippen molar-refractivity contribution in [3.63, 3.8) is 0 Å². The maximum Gasteiger partial charge on any atom is 0.129 e. The van der Waals surface area contributed by atoms with Gasteiger partial charge in [0.25, 0.3) is 0 Å². The Kier molecular flexibility index (Phi) is 5.15. The molecular weight excluding hydrogens is 321 g/mol. The first-order valence-corrected chi connectivity index (χ1v) is 7.18. The Hall–Kier alpha value is -1.39. The molecule has 0 heterocycles. The Morgan fingerprint density at radius 3 is 2.45 bits per heavy atom. The van der Waals surface area contributed by atoms with Gasteiger partial charge in [-0.05, 0) is 43.3 Å². The number of nitrogens with one attached hydrogen (secondary N) is 1. The zero-order valence-corrected chi connectivity index (χ0v) is 13.1. The smallest absolute Gasteiger partial charge is 0.129 e. The minimum absolute atomic E-state index is 0.0588. The molecule has 2 nitrogen and oxygen atoms in total. The summed E-state index contributed by atoms with van der Waals surface area (Å²) in [6.07, 6.45) is 0.721. The van der Waals surface area contributed by atoms with Crippen molar-refractivity contribution in [2.45, 2.75) is 12.5 Å². The first-order valence-electron chi connectivity index (χ1n) is 6.39. The van der Waals surface area contributed by atoms with Crippen LogP contribution in [0.3, 0.4) is 0 Å². The summed E-state index contributed by atoms with van der Waals surface area (Å²) in [5.41, 5.74) is 1.80. The van der Waals surface area contributed by atoms with Gasteiger partial charge in [0.05, 0.1) is 7.11 Å². The molecule has 0 aliphatic heterocycles. The fourth-order valence-corrected chi connectivity index (χ4v) is 2.48. The highest BCUT2D eigenvalue weighted by Crippen LogP contribution is 2.24. The average molecular weight is 338 g/mol. The van der Waals surface area contributed by atoms with E-state index in [0.29, 0.717) is 5.56 Å². The van der Waals surface area contributed by atoms with Gasteiger partial charge in [-0.25, -0.2) is 4.39 Å². The topological polar surface area (TPSA) is 21.3 Å². The predicted molar refractivity (Wildman–Crippen MR) is 82.6 cm³/mol. The Balaban J connectivity index is 2.19. The number of ether oxygens (including phenoxy) is 1. The lowest BCUT2D eigenvalue weighted by Crippen LogP contribution is -2.20. The molecule has 2 aromatic carbocycles. The van der Waals surface area contributed by atoms with E-state index in [9.17, 15) is 4.39 Å². The maximum atomic E-state index is 14.0. The molecule has 2 aromatic rings. The van der Waals surface area contributed by atoms with Crippen molar-refractivity contribution < 1.29 is 9.13 Å². The van der Waals surface area contributed by atoms with Gasteiger partial charge in [0.1, 0.15) is 11.6 Å². The van der Waals surface area contributed by atoms with E-state index < -0.39 is 0 Å². The van der Waals surface area contributed by atoms with Crippen LogP contribution in [0.25, 0.3) is 0 Å². The highest BCUT2D eigenvalue weighted by molar-refractivity contribution is 9.10. The molecule has 0 aliphatic carbocycles. The second-order valence-corrected chi connectivity index (χ2v) is 5.47. The SMILES string of the molecule is CNC(Cc1ccc(OC)cc1)c1ccc(Br)cc1F. The van der Waals surface area contributed by atoms with Crippen LogP contribution in [-0.2, 0) is 6.42 Å². The molecule has 0 saturated carbocycles. The van der Waals surface area contributed by atoms with Crippen LogP contribution in [0.2, 0.25) is 0 Å². The van der Waals surface area contributed by atoms with Crippen LogP contribution >= 0.6 is 15.9 Å². The highest BCUT2D eigenvalue weighted by Gasteiger charge is 2.14. The summed E-state index contributed by atoms with van der Waals surface area (Å²) in [7, 11) is 3.48. The predicted octanol–water partition coefficient (Wildman–Crippen LogP) is 4.10. The molecule has 1 N–H and O–H groups in total. The van der Waals surface area contributed by atoms with E-state index >= 15 is 0 Å². The Bertz CT molecular complexity index is 571. The van der Waals surface area contributed by atoms with Crippen molar-refractivity contribution in [2.24, 2.45) is 0 Å². The lowest BCUT2D eigenvalue weighted by molar-refractivity contribution is 0.414. The van der Waals surface area contributed by atoms with Gasteiger partial charge < -0.3 is 10.1 Å². The van der Waals surface area contributed by atoms with Crippen LogP contribution in [0.1, 0.15) is 17.2 Å². The number of benzene rings is 2. The van der Waals surface area contributed by atoms with Gasteiger partial charge in [0, 0.05) is 16.1 Å². The van der Waals surface area contributed by atoms with Crippen molar-refractivity contribution in [3.8, 4) is 5.75 Å². The van der Waals surface area contributed by atoms with Crippen LogP contribution in [0.15, 0.2) is 46.9 Å². The maximum absolute atomic E-state index is 14.0. The van der Waals surface area contributed by atoms with Crippen molar-refractivity contribution in [1.82, 2.24) is 5.32 Å². The molecule has 106 valence electrons. The van der Waals surface area contributed by atoms with E-state index in [1.807, 2.05) is 43.4 Å². The third-order valence-electron chi connectivity index (χ3n) is 3.29. The summed E-state index contributed by atoms with van der Waals surface area (Å²) in [5.74, 6) is 0.622. The standard InChI is InChI=1S/C16H17BrFNO/c1-19-16(14-8-5-12(17)10-15(14)18)9-11-3-6-13(20-2)7-4-11/h3-8,10,16,19H,9H2,1-2H3. The van der Waals surface area contributed by atoms with E-state index in [2.05, 4.69) is 21.2 Å². The Labute approximate surface area is 127 Å². The molecule has 1 unspecified atom stereocenters. The number of halogens is 2. The molecule has 0 spiro atoms. The average Bonchev–Trinajstić information content (AvgIpc) is 2.46. The molecule has 1 atom stereocenters. The number of methoxy groups -OCH3 is 1. The minimum Gasteiger partial charge on any atom is -0.497 e. The molecule has 0 amide bonds. The summed E-state index contributed by atoms with van der Waals surface area (Å²) >= 11 is 3.28. The largest absolute Gasteiger partial charge is 0.497 e. The van der Waals surface area contributed by atoms with Gasteiger partial charge in [0.2, 0.25) is 0 Å². The Morgan fingerprint density at radius 1 is 1.20 bits per heavy atom. The summed E-state index contributed by atoms with van der Waals surface area (Å²) in [4.78, 5) is 0. The second kappa shape index (κ2) is 6.86. The summed E-state index contributed by atoms with van der Waals surface area (Å²) in [6, 6.07) is 12.9. The molecule has 4 heteroatoms. The fourth-order valence-electron chi connectivity index (χ4n) is 2.15. The molecule has 20 heavy (non-hydrogen) atoms. The number of hydrogen-bond acceptors (Lipinski definition) is 2. The molecule has 2 rings (SSSR count). The molecule has 0 saturated heterocycles. The molecular formula is C16H17BrFNO. The minimum atomic E-state index is -0.202. The van der Waals surface area contributed by atoms with E-state index in [1.54, 1.807) is 7.11 Å². The third kappa shape index (κ3) is 3.58. The van der Waals surface area contributed by atoms with E-state index in [1.165, 1.54) is 6.07 Å². The van der Waals surface area contributed by atoms with E-state index in [0.717, 1.165) is 22.2 Å². The molecule has 0 aromatic heterocycles. The zero-order valence-electron chi connectivity index (χ0n) is 11.5. The van der Waals surface area contributed by atoms with Gasteiger partial charge in [0.15, 0.2) is 0 Å². The lowest BCUT2D eigenvalue weighted by atomic mass is 9.98. The van der Waals surface area contributed by atoms with Gasteiger partial charge in [-0.2, -0.15) is 0 Å². The van der Waals surface area contributed by atoms with E-state index in [4.69, 9.17) is 4.74 Å². The third-order valence-corrected chi connectivity index (χ3v) is 3.78. The normalized spacial score (nSPS) is 12.2. The highest BCUT2D eigenvalue weighted by atomic mass is 79.9. The molecule has 0 bridgehead atoms. The van der Waals surface area contributed by atoms with Crippen molar-refractivity contribution in [3.05, 3.63) is 63.9 Å². The summed E-state index contributed by atoms with van der Waals surface area (Å²) in [6.45, 7) is 0. The van der Waals surface area contributed by atoms with Crippen LogP contribution in [0, 0.1) is 5.82 Å². The molecule has 0 aliphatic rings. The number of hydrogen-bond donors (Lipinski definition) is 1. The monoisotopic (exact) mass is 337 g/mol. The van der Waals surface area contributed by atoms with E-state index in [-0.39, 0.29) is 11.9 Å². The second-order valence-electron chi connectivity index (χ2n) is 4.56. The van der Waals surface area contributed by atoms with Gasteiger partial charge in [-0.3, -0.25) is 0 Å². The molecule has 0 radical (unpaired) electrons. The van der Waals surface area contributed by atoms with Crippen LogP contribution in [0.5, 0.6) is 5.75 Å². The van der Waals surface area contributed by atoms with Crippen molar-refractivity contribution >= 4 is 15.9 Å². The van der Waals surface area contributed by atoms with Gasteiger partial charge in [-0.15, -0.1) is 0 Å². The van der Waals surface area contributed by atoms with Crippen LogP contribution < -0.4 is 10.1 Å². The lowest BCUT2D eigenvalue weighted by Gasteiger charge is -2.18. The first-order chi connectivity index (χ1) is 9.63. The quantitative estimate of drug-likeness (QED) is 0.886. The van der Waals surface area contributed by atoms with Crippen molar-refractivity contribution in [1.29, 1.82) is 0 Å². The number of rotatable bonds is 5. The summed E-state index contributed by atoms with van der Waals surface area (Å²) in [5, 5.41) is 3.17. The fraction of sp³-hybridized carbons (Fsp3) is 0.250. The molecule has 0 fully saturated rings. The zero-order chi connectivity index (χ0) is 14.5. The van der Waals surface area contributed by atoms with Crippen molar-refractivity contribution in [2.75, 3.05) is 14.2 Å². The van der Waals surface area contributed by atoms with Gasteiger partial charge in [-0.1, -0.05) is 34.1 Å². The Morgan fingerprint density at radius 2 is 1.90 bits per heavy atom. The van der Waals surface area contributed by atoms with Crippen LogP contribution in [-0.4, -0.2) is 14.2 Å². The first kappa shape index (κ1) is 15.0.